The molecule has 0 unspecified atom stereocenters. The minimum atomic E-state index is -0.545. The zero-order chi connectivity index (χ0) is 20.6. The van der Waals surface area contributed by atoms with Crippen LogP contribution in [0.5, 0.6) is 11.5 Å². The van der Waals surface area contributed by atoms with Gasteiger partial charge < -0.3 is 14.2 Å². The lowest BCUT2D eigenvalue weighted by atomic mass is 10.2. The minimum absolute atomic E-state index is 0.164. The summed E-state index contributed by atoms with van der Waals surface area (Å²) in [5.41, 5.74) is 3.15. The topological polar surface area (TPSA) is 86.2 Å². The molecular formula is C21H24N2O5. The molecule has 0 bridgehead atoms. The van der Waals surface area contributed by atoms with E-state index < -0.39 is 11.6 Å². The van der Waals surface area contributed by atoms with Gasteiger partial charge in [0.25, 0.3) is 5.91 Å². The number of ether oxygens (including phenoxy) is 3. The quantitative estimate of drug-likeness (QED) is 0.450. The number of esters is 1. The second kappa shape index (κ2) is 9.55. The van der Waals surface area contributed by atoms with E-state index in [1.165, 1.54) is 6.21 Å². The van der Waals surface area contributed by atoms with E-state index in [4.69, 9.17) is 14.2 Å². The fraction of sp³-hybridized carbons (Fsp3) is 0.286. The first-order valence-electron chi connectivity index (χ1n) is 8.69. The molecule has 0 saturated carbocycles. The van der Waals surface area contributed by atoms with E-state index in [1.807, 2.05) is 0 Å². The third-order valence-corrected chi connectivity index (χ3v) is 3.39. The van der Waals surface area contributed by atoms with Gasteiger partial charge in [0.2, 0.25) is 0 Å². The smallest absolute Gasteiger partial charge is 0.344 e. The van der Waals surface area contributed by atoms with Crippen LogP contribution in [0.3, 0.4) is 0 Å². The Kier molecular flexibility index (Phi) is 7.14. The first-order valence-corrected chi connectivity index (χ1v) is 8.69. The highest BCUT2D eigenvalue weighted by atomic mass is 16.6. The molecule has 7 nitrogen and oxygen atoms in total. The van der Waals surface area contributed by atoms with Gasteiger partial charge in [-0.05, 0) is 74.9 Å². The van der Waals surface area contributed by atoms with Crippen molar-refractivity contribution < 1.29 is 23.8 Å². The molecule has 0 aromatic heterocycles. The van der Waals surface area contributed by atoms with E-state index in [-0.39, 0.29) is 12.5 Å². The van der Waals surface area contributed by atoms with E-state index in [0.29, 0.717) is 17.1 Å². The molecule has 0 aliphatic rings. The SMILES string of the molecule is COc1ccc(C(=O)N/N=C\c2ccc(OCC(=O)OC(C)(C)C)cc2)cc1. The number of carbonyl (C=O) groups is 2. The molecule has 2 rings (SSSR count). The number of rotatable bonds is 7. The molecule has 148 valence electrons. The van der Waals surface area contributed by atoms with E-state index in [1.54, 1.807) is 76.4 Å². The standard InChI is InChI=1S/C21H24N2O5/c1-21(2,3)28-19(24)14-27-18-9-5-15(6-10-18)13-22-23-20(25)16-7-11-17(26-4)12-8-16/h5-13H,14H2,1-4H3,(H,23,25)/b22-13-. The Morgan fingerprint density at radius 3 is 2.18 bits per heavy atom. The molecule has 0 aliphatic carbocycles. The van der Waals surface area contributed by atoms with Crippen LogP contribution in [0.2, 0.25) is 0 Å². The summed E-state index contributed by atoms with van der Waals surface area (Å²) in [5, 5.41) is 3.93. The monoisotopic (exact) mass is 384 g/mol. The molecule has 0 saturated heterocycles. The molecule has 0 heterocycles. The molecule has 0 spiro atoms. The molecular weight excluding hydrogens is 360 g/mol. The van der Waals surface area contributed by atoms with Gasteiger partial charge in [-0.1, -0.05) is 0 Å². The largest absolute Gasteiger partial charge is 0.497 e. The number of carbonyl (C=O) groups excluding carboxylic acids is 2. The zero-order valence-corrected chi connectivity index (χ0v) is 16.4. The molecule has 0 aliphatic heterocycles. The van der Waals surface area contributed by atoms with Gasteiger partial charge in [-0.25, -0.2) is 10.2 Å². The van der Waals surface area contributed by atoms with Gasteiger partial charge in [-0.15, -0.1) is 0 Å². The Bertz CT molecular complexity index is 821. The molecule has 7 heteroatoms. The number of methoxy groups -OCH3 is 1. The number of nitrogens with one attached hydrogen (secondary N) is 1. The normalized spacial score (nSPS) is 11.1. The number of amides is 1. The lowest BCUT2D eigenvalue weighted by Gasteiger charge is -2.19. The fourth-order valence-corrected chi connectivity index (χ4v) is 2.14. The van der Waals surface area contributed by atoms with Crippen LogP contribution in [0, 0.1) is 0 Å². The Labute approximate surface area is 164 Å². The number of hydrogen-bond donors (Lipinski definition) is 1. The van der Waals surface area contributed by atoms with Crippen molar-refractivity contribution in [2.75, 3.05) is 13.7 Å². The van der Waals surface area contributed by atoms with Gasteiger partial charge in [0.1, 0.15) is 17.1 Å². The highest BCUT2D eigenvalue weighted by Crippen LogP contribution is 2.13. The lowest BCUT2D eigenvalue weighted by molar-refractivity contribution is -0.157. The average molecular weight is 384 g/mol. The van der Waals surface area contributed by atoms with Crippen LogP contribution >= 0.6 is 0 Å². The molecule has 28 heavy (non-hydrogen) atoms. The number of hydrogen-bond acceptors (Lipinski definition) is 6. The third-order valence-electron chi connectivity index (χ3n) is 3.39. The first-order chi connectivity index (χ1) is 13.3. The van der Waals surface area contributed by atoms with Crippen molar-refractivity contribution in [1.82, 2.24) is 5.43 Å². The summed E-state index contributed by atoms with van der Waals surface area (Å²) in [4.78, 5) is 23.6. The number of hydrazone groups is 1. The third kappa shape index (κ3) is 7.11. The average Bonchev–Trinajstić information content (AvgIpc) is 2.66. The second-order valence-electron chi connectivity index (χ2n) is 6.87. The number of benzene rings is 2. The Morgan fingerprint density at radius 1 is 1.00 bits per heavy atom. The molecule has 2 aromatic carbocycles. The molecule has 0 fully saturated rings. The maximum absolute atomic E-state index is 12.0. The van der Waals surface area contributed by atoms with Crippen LogP contribution in [0.4, 0.5) is 0 Å². The van der Waals surface area contributed by atoms with Crippen molar-refractivity contribution in [3.8, 4) is 11.5 Å². The second-order valence-corrected chi connectivity index (χ2v) is 6.87. The highest BCUT2D eigenvalue weighted by molar-refractivity contribution is 5.95. The predicted octanol–water partition coefficient (Wildman–Crippen LogP) is 3.18. The van der Waals surface area contributed by atoms with Crippen LogP contribution in [0.1, 0.15) is 36.7 Å². The fourth-order valence-electron chi connectivity index (χ4n) is 2.14. The highest BCUT2D eigenvalue weighted by Gasteiger charge is 2.16. The molecule has 1 amide bonds. The van der Waals surface area contributed by atoms with Crippen LogP contribution < -0.4 is 14.9 Å². The van der Waals surface area contributed by atoms with Gasteiger partial charge in [0, 0.05) is 5.56 Å². The van der Waals surface area contributed by atoms with Crippen molar-refractivity contribution in [3.63, 3.8) is 0 Å². The summed E-state index contributed by atoms with van der Waals surface area (Å²) < 4.78 is 15.6. The van der Waals surface area contributed by atoms with Gasteiger partial charge in [-0.2, -0.15) is 5.10 Å². The Hall–Kier alpha value is -3.35. The van der Waals surface area contributed by atoms with Crippen molar-refractivity contribution in [2.45, 2.75) is 26.4 Å². The Morgan fingerprint density at radius 2 is 1.61 bits per heavy atom. The number of nitrogens with zero attached hydrogens (tertiary/aromatic N) is 1. The summed E-state index contributed by atoms with van der Waals surface area (Å²) in [5.74, 6) is 0.454. The van der Waals surface area contributed by atoms with Crippen LogP contribution in [0.15, 0.2) is 53.6 Å². The van der Waals surface area contributed by atoms with Crippen LogP contribution in [-0.4, -0.2) is 37.4 Å². The summed E-state index contributed by atoms with van der Waals surface area (Å²) in [6.07, 6.45) is 1.51. The summed E-state index contributed by atoms with van der Waals surface area (Å²) in [7, 11) is 1.56. The van der Waals surface area contributed by atoms with Gasteiger partial charge >= 0.3 is 5.97 Å². The summed E-state index contributed by atoms with van der Waals surface area (Å²) in [6, 6.07) is 13.6. The van der Waals surface area contributed by atoms with Crippen molar-refractivity contribution in [2.24, 2.45) is 5.10 Å². The van der Waals surface area contributed by atoms with Gasteiger partial charge in [0.15, 0.2) is 6.61 Å². The van der Waals surface area contributed by atoms with Gasteiger partial charge in [-0.3, -0.25) is 4.79 Å². The van der Waals surface area contributed by atoms with Crippen LogP contribution in [-0.2, 0) is 9.53 Å². The van der Waals surface area contributed by atoms with Crippen molar-refractivity contribution >= 4 is 18.1 Å². The lowest BCUT2D eigenvalue weighted by Crippen LogP contribution is -2.27. The van der Waals surface area contributed by atoms with E-state index in [0.717, 1.165) is 5.56 Å². The zero-order valence-electron chi connectivity index (χ0n) is 16.4. The molecule has 0 atom stereocenters. The van der Waals surface area contributed by atoms with E-state index >= 15 is 0 Å². The van der Waals surface area contributed by atoms with Crippen LogP contribution in [0.25, 0.3) is 0 Å². The molecule has 0 radical (unpaired) electrons. The Balaban J connectivity index is 1.82. The summed E-state index contributed by atoms with van der Waals surface area (Å²) in [6.45, 7) is 5.23. The van der Waals surface area contributed by atoms with Crippen molar-refractivity contribution in [3.05, 3.63) is 59.7 Å². The van der Waals surface area contributed by atoms with Gasteiger partial charge in [0.05, 0.1) is 13.3 Å². The van der Waals surface area contributed by atoms with Crippen molar-refractivity contribution in [1.29, 1.82) is 0 Å². The first kappa shape index (κ1) is 21.0. The maximum Gasteiger partial charge on any atom is 0.344 e. The molecule has 2 aromatic rings. The molecule has 1 N–H and O–H groups in total. The predicted molar refractivity (Wildman–Crippen MR) is 106 cm³/mol. The summed E-state index contributed by atoms with van der Waals surface area (Å²) >= 11 is 0. The van der Waals surface area contributed by atoms with E-state index in [2.05, 4.69) is 10.5 Å². The van der Waals surface area contributed by atoms with E-state index in [9.17, 15) is 9.59 Å². The minimum Gasteiger partial charge on any atom is -0.497 e. The maximum atomic E-state index is 12.0.